The third-order valence-electron chi connectivity index (χ3n) is 6.31. The van der Waals surface area contributed by atoms with Gasteiger partial charge >= 0.3 is 0 Å². The molecule has 1 aromatic rings. The fourth-order valence-corrected chi connectivity index (χ4v) is 4.72. The van der Waals surface area contributed by atoms with Crippen molar-refractivity contribution in [2.24, 2.45) is 22.7 Å². The summed E-state index contributed by atoms with van der Waals surface area (Å²) in [5.74, 6) is 1.41. The second kappa shape index (κ2) is 3.15. The molecule has 3 rings (SSSR count). The van der Waals surface area contributed by atoms with Gasteiger partial charge in [0.05, 0.1) is 0 Å². The van der Waals surface area contributed by atoms with E-state index in [9.17, 15) is 4.39 Å². The first-order chi connectivity index (χ1) is 7.87. The first-order valence-electron chi connectivity index (χ1n) is 6.70. The molecule has 4 unspecified atom stereocenters. The van der Waals surface area contributed by atoms with Crippen molar-refractivity contribution in [1.29, 1.82) is 0 Å². The van der Waals surface area contributed by atoms with Gasteiger partial charge in [-0.2, -0.15) is 0 Å². The summed E-state index contributed by atoms with van der Waals surface area (Å²) in [6.07, 6.45) is 6.12. The normalized spacial score (nSPS) is 43.2. The standard InChI is InChI=1S/C15H22FN/c1-10-7-11-8-13(15(10,4)14(11,2)3)17-6-5-12(16)9-17/h5-6,9-11,13H,7-8H2,1-4H3. The Morgan fingerprint density at radius 2 is 2.00 bits per heavy atom. The van der Waals surface area contributed by atoms with E-state index in [1.807, 2.05) is 6.20 Å². The van der Waals surface area contributed by atoms with Crippen LogP contribution in [-0.4, -0.2) is 4.57 Å². The van der Waals surface area contributed by atoms with Crippen LogP contribution in [0, 0.1) is 28.5 Å². The Morgan fingerprint density at radius 3 is 2.47 bits per heavy atom. The molecule has 2 bridgehead atoms. The van der Waals surface area contributed by atoms with Gasteiger partial charge in [-0.1, -0.05) is 27.7 Å². The molecule has 0 spiro atoms. The topological polar surface area (TPSA) is 4.93 Å². The smallest absolute Gasteiger partial charge is 0.140 e. The molecule has 0 amide bonds. The van der Waals surface area contributed by atoms with Crippen molar-refractivity contribution >= 4 is 0 Å². The van der Waals surface area contributed by atoms with Crippen molar-refractivity contribution in [3.8, 4) is 0 Å². The summed E-state index contributed by atoms with van der Waals surface area (Å²) in [5, 5.41) is 0. The van der Waals surface area contributed by atoms with Crippen LogP contribution in [0.25, 0.3) is 0 Å². The summed E-state index contributed by atoms with van der Waals surface area (Å²) >= 11 is 0. The maximum Gasteiger partial charge on any atom is 0.140 e. The molecule has 0 N–H and O–H groups in total. The highest BCUT2D eigenvalue weighted by Gasteiger charge is 2.65. The van der Waals surface area contributed by atoms with E-state index < -0.39 is 0 Å². The highest BCUT2D eigenvalue weighted by Crippen LogP contribution is 2.71. The van der Waals surface area contributed by atoms with Crippen molar-refractivity contribution < 1.29 is 4.39 Å². The van der Waals surface area contributed by atoms with Gasteiger partial charge in [0.15, 0.2) is 0 Å². The third-order valence-corrected chi connectivity index (χ3v) is 6.31. The first-order valence-corrected chi connectivity index (χ1v) is 6.70. The summed E-state index contributed by atoms with van der Waals surface area (Å²) in [7, 11) is 0. The first kappa shape index (κ1) is 11.3. The zero-order chi connectivity index (χ0) is 12.4. The lowest BCUT2D eigenvalue weighted by atomic mass is 9.65. The lowest BCUT2D eigenvalue weighted by molar-refractivity contribution is 0.0629. The Hall–Kier alpha value is -0.790. The molecule has 2 aliphatic carbocycles. The Kier molecular flexibility index (Phi) is 2.10. The number of hydrogen-bond donors (Lipinski definition) is 0. The Morgan fingerprint density at radius 1 is 1.29 bits per heavy atom. The molecule has 17 heavy (non-hydrogen) atoms. The van der Waals surface area contributed by atoms with E-state index in [4.69, 9.17) is 0 Å². The van der Waals surface area contributed by atoms with Gasteiger partial charge in [-0.15, -0.1) is 0 Å². The fraction of sp³-hybridized carbons (Fsp3) is 0.733. The van der Waals surface area contributed by atoms with Gasteiger partial charge in [0.2, 0.25) is 0 Å². The van der Waals surface area contributed by atoms with E-state index in [-0.39, 0.29) is 5.82 Å². The Labute approximate surface area is 103 Å². The summed E-state index contributed by atoms with van der Waals surface area (Å²) in [5.41, 5.74) is 0.668. The predicted molar refractivity (Wildman–Crippen MR) is 67.2 cm³/mol. The van der Waals surface area contributed by atoms with E-state index in [0.29, 0.717) is 16.9 Å². The van der Waals surface area contributed by atoms with Crippen molar-refractivity contribution in [1.82, 2.24) is 4.57 Å². The van der Waals surface area contributed by atoms with Gasteiger partial charge in [0.1, 0.15) is 5.82 Å². The van der Waals surface area contributed by atoms with Crippen LogP contribution in [-0.2, 0) is 0 Å². The molecule has 94 valence electrons. The Bertz CT molecular complexity index is 448. The van der Waals surface area contributed by atoms with Crippen LogP contribution in [0.1, 0.15) is 46.6 Å². The van der Waals surface area contributed by atoms with Crippen molar-refractivity contribution in [2.75, 3.05) is 0 Å². The molecule has 1 nitrogen and oxygen atoms in total. The molecule has 2 fully saturated rings. The van der Waals surface area contributed by atoms with E-state index in [1.165, 1.54) is 12.8 Å². The van der Waals surface area contributed by atoms with Crippen LogP contribution in [0.4, 0.5) is 4.39 Å². The molecule has 2 saturated carbocycles. The number of fused-ring (bicyclic) bond motifs is 2. The van der Waals surface area contributed by atoms with Gasteiger partial charge in [-0.05, 0) is 41.6 Å². The average Bonchev–Trinajstić information content (AvgIpc) is 2.79. The molecule has 2 heteroatoms. The molecule has 2 aliphatic rings. The maximum atomic E-state index is 13.2. The fourth-order valence-electron chi connectivity index (χ4n) is 4.72. The van der Waals surface area contributed by atoms with E-state index in [1.54, 1.807) is 12.3 Å². The SMILES string of the molecule is CC1CC2CC(n3ccc(F)c3)C1(C)C2(C)C. The van der Waals surface area contributed by atoms with Crippen LogP contribution in [0.5, 0.6) is 0 Å². The van der Waals surface area contributed by atoms with Gasteiger partial charge in [-0.25, -0.2) is 4.39 Å². The van der Waals surface area contributed by atoms with Crippen molar-refractivity contribution in [3.05, 3.63) is 24.3 Å². The molecular weight excluding hydrogens is 213 g/mol. The molecule has 0 aromatic carbocycles. The van der Waals surface area contributed by atoms with Crippen molar-refractivity contribution in [3.63, 3.8) is 0 Å². The zero-order valence-electron chi connectivity index (χ0n) is 11.2. The van der Waals surface area contributed by atoms with Crippen LogP contribution >= 0.6 is 0 Å². The maximum absolute atomic E-state index is 13.2. The number of aromatic nitrogens is 1. The van der Waals surface area contributed by atoms with E-state index in [2.05, 4.69) is 32.3 Å². The van der Waals surface area contributed by atoms with Gasteiger partial charge in [-0.3, -0.25) is 0 Å². The van der Waals surface area contributed by atoms with E-state index >= 15 is 0 Å². The van der Waals surface area contributed by atoms with Gasteiger partial charge in [0, 0.05) is 18.4 Å². The monoisotopic (exact) mass is 235 g/mol. The van der Waals surface area contributed by atoms with E-state index in [0.717, 1.165) is 11.8 Å². The third kappa shape index (κ3) is 1.19. The minimum absolute atomic E-state index is 0.109. The molecule has 0 saturated heterocycles. The minimum Gasteiger partial charge on any atom is -0.348 e. The molecule has 0 radical (unpaired) electrons. The number of halogens is 1. The van der Waals surface area contributed by atoms with Crippen LogP contribution in [0.15, 0.2) is 18.5 Å². The summed E-state index contributed by atoms with van der Waals surface area (Å²) in [4.78, 5) is 0. The molecular formula is C15H22FN. The predicted octanol–water partition coefficient (Wildman–Crippen LogP) is 4.26. The quantitative estimate of drug-likeness (QED) is 0.685. The summed E-state index contributed by atoms with van der Waals surface area (Å²) in [6, 6.07) is 2.04. The highest BCUT2D eigenvalue weighted by molar-refractivity contribution is 5.16. The summed E-state index contributed by atoms with van der Waals surface area (Å²) < 4.78 is 15.3. The second-order valence-electron chi connectivity index (χ2n) is 6.87. The van der Waals surface area contributed by atoms with Gasteiger partial charge < -0.3 is 4.57 Å². The van der Waals surface area contributed by atoms with Crippen LogP contribution in [0.3, 0.4) is 0 Å². The zero-order valence-corrected chi connectivity index (χ0v) is 11.2. The minimum atomic E-state index is -0.109. The summed E-state index contributed by atoms with van der Waals surface area (Å²) in [6.45, 7) is 9.59. The highest BCUT2D eigenvalue weighted by atomic mass is 19.1. The Balaban J connectivity index is 2.05. The number of rotatable bonds is 1. The molecule has 1 heterocycles. The molecule has 1 aromatic heterocycles. The molecule has 0 aliphatic heterocycles. The van der Waals surface area contributed by atoms with Crippen LogP contribution in [0.2, 0.25) is 0 Å². The molecule has 4 atom stereocenters. The lowest BCUT2D eigenvalue weighted by Gasteiger charge is -2.43. The second-order valence-corrected chi connectivity index (χ2v) is 6.87. The average molecular weight is 235 g/mol. The van der Waals surface area contributed by atoms with Crippen molar-refractivity contribution in [2.45, 2.75) is 46.6 Å². The number of hydrogen-bond acceptors (Lipinski definition) is 0. The number of nitrogens with zero attached hydrogens (tertiary/aromatic N) is 1. The lowest BCUT2D eigenvalue weighted by Crippen LogP contribution is -2.38. The van der Waals surface area contributed by atoms with Crippen LogP contribution < -0.4 is 0 Å². The van der Waals surface area contributed by atoms with Gasteiger partial charge in [0.25, 0.3) is 0 Å². The largest absolute Gasteiger partial charge is 0.348 e.